The molecule has 0 radical (unpaired) electrons. The molecule has 1 saturated heterocycles. The fraction of sp³-hybridized carbons (Fsp3) is 0.209. The zero-order valence-corrected chi connectivity index (χ0v) is 50.8. The van der Waals surface area contributed by atoms with Crippen molar-refractivity contribution in [2.45, 2.75) is 54.3 Å². The summed E-state index contributed by atoms with van der Waals surface area (Å²) >= 11 is 5.37. The number of alkyl halides is 3. The molecule has 1 fully saturated rings. The standard InChI is InChI=1S/C13H11FN2O3.2C13H11FN2O.C11H8N2O3.C10H17BO2.C5H3ClN2O2.2CH4/c14-6-8-19-11-4-1-3-10(9-11)13-12(16(17)18)5-2-7-15-13;14-6-8-17-11-5-1-3-9-12-10(16-13(9)11)4-2-7-15-12;14-5-7-17-9-3-4-11-10(8-9)13-12(16-11)2-1-6-15-13;14-9-4-1-3-8(7-9)11-10(13(15)16)5-2-6-12-11;1-6-7-8(2)11-12-9(3)10(4,5)13-11;6-5-4(8(9)10)2-1-3-7-5;;/h1-5,7,9H,6,8H2;1-5,7,16H,6,8H2;1-4,6,8,16H,5,7H2;1-7,14H;6-7,9H,2H2,1,3-5H3;1-3H;2*1H4/b;;;;7-6-;;;. The molecule has 490 valence electrons. The van der Waals surface area contributed by atoms with E-state index in [0.29, 0.717) is 28.4 Å². The molecule has 0 aliphatic carbocycles. The summed E-state index contributed by atoms with van der Waals surface area (Å²) in [6, 6.07) is 40.4. The Morgan fingerprint density at radius 3 is 1.66 bits per heavy atom. The third-order valence-corrected chi connectivity index (χ3v) is 13.5. The summed E-state index contributed by atoms with van der Waals surface area (Å²) in [4.78, 5) is 56.9. The number of H-pyrrole nitrogens is 2. The lowest BCUT2D eigenvalue weighted by atomic mass is 9.79. The highest BCUT2D eigenvalue weighted by Gasteiger charge is 2.43. The second-order valence-electron chi connectivity index (χ2n) is 19.9. The zero-order valence-electron chi connectivity index (χ0n) is 50.0. The van der Waals surface area contributed by atoms with E-state index in [2.05, 4.69) is 41.5 Å². The summed E-state index contributed by atoms with van der Waals surface area (Å²) in [5.41, 5.74) is 7.58. The number of benzene rings is 4. The molecule has 0 spiro atoms. The number of para-hydroxylation sites is 1. The Labute approximate surface area is 544 Å². The summed E-state index contributed by atoms with van der Waals surface area (Å²) in [5, 5.41) is 43.0. The van der Waals surface area contributed by atoms with Crippen LogP contribution < -0.4 is 14.2 Å². The first-order valence-electron chi connectivity index (χ1n) is 28.1. The van der Waals surface area contributed by atoms with E-state index in [1.165, 1.54) is 67.1 Å². The first kappa shape index (κ1) is 73.9. The average molecular weight is 1310 g/mol. The van der Waals surface area contributed by atoms with Crippen molar-refractivity contribution >= 4 is 79.7 Å². The Hall–Kier alpha value is -10.8. The van der Waals surface area contributed by atoms with Crippen molar-refractivity contribution in [1.82, 2.24) is 34.9 Å². The topological polar surface area (TPSA) is 292 Å². The molecule has 94 heavy (non-hydrogen) atoms. The van der Waals surface area contributed by atoms with Gasteiger partial charge in [-0.1, -0.05) is 81.6 Å². The number of aromatic amines is 2. The van der Waals surface area contributed by atoms with Gasteiger partial charge in [0.1, 0.15) is 74.2 Å². The number of nitro groups is 3. The quantitative estimate of drug-likeness (QED) is 0.0266. The van der Waals surface area contributed by atoms with E-state index >= 15 is 0 Å². The van der Waals surface area contributed by atoms with Gasteiger partial charge in [0.2, 0.25) is 5.15 Å². The molecule has 0 saturated carbocycles. The number of allylic oxidation sites excluding steroid dienone is 3. The number of ether oxygens (including phenoxy) is 3. The van der Waals surface area contributed by atoms with E-state index in [1.807, 2.05) is 101 Å². The normalized spacial score (nSPS) is 12.5. The van der Waals surface area contributed by atoms with E-state index in [-0.39, 0.29) is 92.8 Å². The number of halogens is 4. The third-order valence-electron chi connectivity index (χ3n) is 13.2. The molecule has 3 N–H and O–H groups in total. The highest BCUT2D eigenvalue weighted by Crippen LogP contribution is 2.34. The second-order valence-corrected chi connectivity index (χ2v) is 20.2. The number of aromatic nitrogens is 7. The monoisotopic (exact) mass is 1310 g/mol. The maximum Gasteiger partial charge on any atom is 0.494 e. The first-order valence-corrected chi connectivity index (χ1v) is 28.5. The van der Waals surface area contributed by atoms with Crippen LogP contribution in [0.15, 0.2) is 201 Å². The SMILES string of the molecule is C.C.C=C(/C=C\C)B1OC(C)C(C)(C)O1.FCCOc1ccc2[nH]c3cccnc3c2c1.FCCOc1cccc2c1[nH]c1cccnc12.O=[N+]([O-])c1cccnc1-c1cccc(O)c1.O=[N+]([O-])c1cccnc1-c1cccc(OCCF)c1.O=[N+]([O-])c1cccnc1Cl. The predicted molar refractivity (Wildman–Crippen MR) is 361 cm³/mol. The molecule has 1 unspecified atom stereocenters. The molecule has 22 nitrogen and oxygen atoms in total. The molecule has 8 heterocycles. The highest BCUT2D eigenvalue weighted by atomic mass is 35.5. The number of phenolic OH excluding ortho intramolecular Hbond substituents is 1. The van der Waals surface area contributed by atoms with Crippen molar-refractivity contribution in [3.05, 3.63) is 236 Å². The number of pyridine rings is 5. The van der Waals surface area contributed by atoms with Crippen LogP contribution in [0, 0.1) is 30.3 Å². The van der Waals surface area contributed by atoms with E-state index in [0.717, 1.165) is 49.3 Å². The minimum Gasteiger partial charge on any atom is -0.508 e. The molecule has 0 amide bonds. The van der Waals surface area contributed by atoms with Gasteiger partial charge in [-0.3, -0.25) is 40.3 Å². The summed E-state index contributed by atoms with van der Waals surface area (Å²) in [5.74, 6) is 1.84. The van der Waals surface area contributed by atoms with Crippen molar-refractivity contribution in [3.63, 3.8) is 0 Å². The van der Waals surface area contributed by atoms with Crippen molar-refractivity contribution in [2.24, 2.45) is 0 Å². The van der Waals surface area contributed by atoms with Gasteiger partial charge in [-0.25, -0.2) is 28.1 Å². The van der Waals surface area contributed by atoms with Crippen LogP contribution >= 0.6 is 11.6 Å². The van der Waals surface area contributed by atoms with E-state index < -0.39 is 34.8 Å². The minimum atomic E-state index is -0.589. The summed E-state index contributed by atoms with van der Waals surface area (Å²) < 4.78 is 63.3. The molecule has 1 atom stereocenters. The maximum absolute atomic E-state index is 12.1. The molecule has 27 heteroatoms. The number of rotatable bonds is 16. The van der Waals surface area contributed by atoms with Crippen LogP contribution in [0.5, 0.6) is 23.0 Å². The van der Waals surface area contributed by atoms with Gasteiger partial charge < -0.3 is 38.6 Å². The predicted octanol–water partition coefficient (Wildman–Crippen LogP) is 16.8. The number of phenols is 1. The number of hydrogen-bond acceptors (Lipinski definition) is 17. The van der Waals surface area contributed by atoms with Crippen LogP contribution in [0.4, 0.5) is 30.2 Å². The molecule has 1 aliphatic rings. The maximum atomic E-state index is 12.1. The number of nitrogens with zero attached hydrogens (tertiary/aromatic N) is 8. The van der Waals surface area contributed by atoms with Crippen LogP contribution in [0.25, 0.3) is 66.4 Å². The van der Waals surface area contributed by atoms with Crippen LogP contribution in [0.2, 0.25) is 5.15 Å². The van der Waals surface area contributed by atoms with Crippen molar-refractivity contribution < 1.29 is 56.6 Å². The Kier molecular flexibility index (Phi) is 28.5. The average Bonchev–Trinajstić information content (AvgIpc) is 1.63. The molecule has 0 bridgehead atoms. The first-order chi connectivity index (χ1) is 44.4. The summed E-state index contributed by atoms with van der Waals surface area (Å²) in [6.07, 6.45) is 11.8. The minimum absolute atomic E-state index is 0. The van der Waals surface area contributed by atoms with Gasteiger partial charge in [-0.05, 0) is 124 Å². The Balaban J connectivity index is 0.000000205. The molecule has 11 aromatic rings. The Morgan fingerprint density at radius 2 is 1.13 bits per heavy atom. The molecule has 1 aliphatic heterocycles. The van der Waals surface area contributed by atoms with Crippen molar-refractivity contribution in [2.75, 3.05) is 39.8 Å². The lowest BCUT2D eigenvalue weighted by Crippen LogP contribution is -2.30. The molecular weight excluding hydrogens is 1240 g/mol. The van der Waals surface area contributed by atoms with Gasteiger partial charge >= 0.3 is 12.8 Å². The fourth-order valence-electron chi connectivity index (χ4n) is 8.72. The molecule has 7 aromatic heterocycles. The van der Waals surface area contributed by atoms with Crippen LogP contribution in [0.1, 0.15) is 42.5 Å². The van der Waals surface area contributed by atoms with Gasteiger partial charge in [-0.2, -0.15) is 0 Å². The number of nitrogens with one attached hydrogen (secondary N) is 2. The van der Waals surface area contributed by atoms with Gasteiger partial charge in [0.05, 0.1) is 54.1 Å². The smallest absolute Gasteiger partial charge is 0.494 e. The van der Waals surface area contributed by atoms with Crippen LogP contribution in [-0.2, 0) is 9.31 Å². The summed E-state index contributed by atoms with van der Waals surface area (Å²) in [6.45, 7) is 10.5. The van der Waals surface area contributed by atoms with E-state index in [1.54, 1.807) is 48.8 Å². The van der Waals surface area contributed by atoms with Gasteiger partial charge in [0, 0.05) is 76.6 Å². The lowest BCUT2D eigenvalue weighted by molar-refractivity contribution is -0.385. The van der Waals surface area contributed by atoms with Crippen LogP contribution in [-0.4, -0.2) is 113 Å². The van der Waals surface area contributed by atoms with Gasteiger partial charge in [-0.15, -0.1) is 0 Å². The lowest BCUT2D eigenvalue weighted by Gasteiger charge is -2.21. The number of hydrogen-bond donors (Lipinski definition) is 3. The highest BCUT2D eigenvalue weighted by molar-refractivity contribution is 6.55. The van der Waals surface area contributed by atoms with Crippen LogP contribution in [0.3, 0.4) is 0 Å². The second kappa shape index (κ2) is 36.3. The van der Waals surface area contributed by atoms with E-state index in [9.17, 15) is 48.6 Å². The number of aromatic hydroxyl groups is 1. The fourth-order valence-corrected chi connectivity index (χ4v) is 8.90. The zero-order chi connectivity index (χ0) is 66.2. The van der Waals surface area contributed by atoms with Gasteiger partial charge in [0.25, 0.3) is 11.4 Å². The largest absolute Gasteiger partial charge is 0.508 e. The number of fused-ring (bicyclic) bond motifs is 6. The third kappa shape index (κ3) is 20.1. The van der Waals surface area contributed by atoms with Crippen molar-refractivity contribution in [1.29, 1.82) is 0 Å². The van der Waals surface area contributed by atoms with E-state index in [4.69, 9.17) is 35.1 Å². The Morgan fingerprint density at radius 1 is 0.628 bits per heavy atom. The Bertz CT molecular complexity index is 4320. The molecule has 12 rings (SSSR count). The summed E-state index contributed by atoms with van der Waals surface area (Å²) in [7, 11) is -0.277. The molecule has 4 aromatic carbocycles. The molecular formula is C67H69BClF3N10O12. The van der Waals surface area contributed by atoms with Gasteiger partial charge in [0.15, 0.2) is 0 Å². The van der Waals surface area contributed by atoms with Crippen molar-refractivity contribution in [3.8, 4) is 45.5 Å².